The Morgan fingerprint density at radius 1 is 1.11 bits per heavy atom. The predicted molar refractivity (Wildman–Crippen MR) is 108 cm³/mol. The number of hydrogen-bond acceptors (Lipinski definition) is 3. The second-order valence-electron chi connectivity index (χ2n) is 7.37. The van der Waals surface area contributed by atoms with E-state index in [0.717, 1.165) is 18.6 Å². The smallest absolute Gasteiger partial charge is 0.258 e. The van der Waals surface area contributed by atoms with E-state index in [0.29, 0.717) is 23.8 Å². The third-order valence-electron chi connectivity index (χ3n) is 4.76. The number of rotatable bonds is 4. The topological polar surface area (TPSA) is 66.5 Å². The van der Waals surface area contributed by atoms with E-state index in [1.165, 1.54) is 10.4 Å². The van der Waals surface area contributed by atoms with Crippen LogP contribution in [-0.2, 0) is 10.0 Å². The summed E-state index contributed by atoms with van der Waals surface area (Å²) in [6.07, 6.45) is 0.962. The van der Waals surface area contributed by atoms with Crippen LogP contribution in [0.25, 0.3) is 0 Å². The van der Waals surface area contributed by atoms with Crippen LogP contribution in [0.4, 0.5) is 10.1 Å². The van der Waals surface area contributed by atoms with Gasteiger partial charge in [-0.25, -0.2) is 12.8 Å². The number of nitrogens with one attached hydrogen (secondary N) is 1. The lowest BCUT2D eigenvalue weighted by Crippen LogP contribution is -2.42. The molecule has 0 saturated carbocycles. The number of carbonyl (C=O) groups is 1. The lowest BCUT2D eigenvalue weighted by molar-refractivity contribution is 0.102. The number of amides is 1. The van der Waals surface area contributed by atoms with Crippen LogP contribution in [-0.4, -0.2) is 31.7 Å². The third-order valence-corrected chi connectivity index (χ3v) is 6.84. The first kappa shape index (κ1) is 20.8. The molecule has 2 aromatic carbocycles. The van der Waals surface area contributed by atoms with Crippen LogP contribution in [0.15, 0.2) is 47.4 Å². The number of sulfonamides is 1. The summed E-state index contributed by atoms with van der Waals surface area (Å²) in [5.41, 5.74) is 0.106. The van der Waals surface area contributed by atoms with Gasteiger partial charge in [-0.05, 0) is 60.7 Å². The Bertz CT molecular complexity index is 969. The van der Waals surface area contributed by atoms with Crippen LogP contribution in [0.3, 0.4) is 0 Å². The van der Waals surface area contributed by atoms with Gasteiger partial charge in [-0.15, -0.1) is 0 Å². The molecule has 1 fully saturated rings. The maximum atomic E-state index is 14.3. The summed E-state index contributed by atoms with van der Waals surface area (Å²) >= 11 is 5.81. The maximum absolute atomic E-state index is 14.3. The van der Waals surface area contributed by atoms with Gasteiger partial charge in [-0.2, -0.15) is 4.31 Å². The molecule has 1 aliphatic heterocycles. The van der Waals surface area contributed by atoms with Crippen molar-refractivity contribution >= 4 is 33.2 Å². The third kappa shape index (κ3) is 4.54. The minimum Gasteiger partial charge on any atom is -0.322 e. The quantitative estimate of drug-likeness (QED) is 0.791. The standard InChI is InChI=1S/C20H22ClFN2O3S/c1-13-9-14(2)12-24(11-13)28(26,27)17-7-8-19(22)18(10-17)20(25)23-16-5-3-15(21)4-6-16/h3-8,10,13-14H,9,11-12H2,1-2H3,(H,23,25)/t13-,14+. The highest BCUT2D eigenvalue weighted by atomic mass is 35.5. The zero-order valence-corrected chi connectivity index (χ0v) is 17.2. The van der Waals surface area contributed by atoms with Crippen molar-refractivity contribution in [3.05, 3.63) is 58.9 Å². The zero-order chi connectivity index (χ0) is 20.5. The van der Waals surface area contributed by atoms with E-state index < -0.39 is 21.7 Å². The minimum atomic E-state index is -3.81. The fraction of sp³-hybridized carbons (Fsp3) is 0.350. The van der Waals surface area contributed by atoms with Gasteiger partial charge in [0.15, 0.2) is 0 Å². The van der Waals surface area contributed by atoms with Gasteiger partial charge in [0.2, 0.25) is 10.0 Å². The van der Waals surface area contributed by atoms with Crippen molar-refractivity contribution in [1.29, 1.82) is 0 Å². The van der Waals surface area contributed by atoms with Gasteiger partial charge in [0.05, 0.1) is 10.5 Å². The largest absolute Gasteiger partial charge is 0.322 e. The average Bonchev–Trinajstić information content (AvgIpc) is 2.63. The predicted octanol–water partition coefficient (Wildman–Crippen LogP) is 4.40. The molecule has 1 heterocycles. The van der Waals surface area contributed by atoms with E-state index in [9.17, 15) is 17.6 Å². The van der Waals surface area contributed by atoms with Crippen LogP contribution < -0.4 is 5.32 Å². The molecule has 0 radical (unpaired) electrons. The van der Waals surface area contributed by atoms with E-state index in [1.54, 1.807) is 24.3 Å². The summed E-state index contributed by atoms with van der Waals surface area (Å²) in [4.78, 5) is 12.4. The molecule has 0 bridgehead atoms. The highest BCUT2D eigenvalue weighted by molar-refractivity contribution is 7.89. The molecule has 0 unspecified atom stereocenters. The number of hydrogen-bond donors (Lipinski definition) is 1. The van der Waals surface area contributed by atoms with E-state index in [2.05, 4.69) is 5.32 Å². The summed E-state index contributed by atoms with van der Waals surface area (Å²) in [5, 5.41) is 3.05. The number of anilines is 1. The Hall–Kier alpha value is -1.96. The van der Waals surface area contributed by atoms with Gasteiger partial charge in [-0.3, -0.25) is 4.79 Å². The average molecular weight is 425 g/mol. The summed E-state index contributed by atoms with van der Waals surface area (Å²) in [7, 11) is -3.81. The van der Waals surface area contributed by atoms with Crippen molar-refractivity contribution in [3.8, 4) is 0 Å². The minimum absolute atomic E-state index is 0.0866. The molecule has 1 saturated heterocycles. The fourth-order valence-corrected chi connectivity index (χ4v) is 5.35. The monoisotopic (exact) mass is 424 g/mol. The molecule has 8 heteroatoms. The Balaban J connectivity index is 1.88. The van der Waals surface area contributed by atoms with Crippen LogP contribution in [0.1, 0.15) is 30.6 Å². The van der Waals surface area contributed by atoms with Gasteiger partial charge in [0.25, 0.3) is 5.91 Å². The van der Waals surface area contributed by atoms with Crippen molar-refractivity contribution in [2.75, 3.05) is 18.4 Å². The Morgan fingerprint density at radius 3 is 2.32 bits per heavy atom. The molecule has 1 aliphatic rings. The van der Waals surface area contributed by atoms with Crippen LogP contribution >= 0.6 is 11.6 Å². The molecule has 28 heavy (non-hydrogen) atoms. The number of piperidine rings is 1. The molecule has 1 N–H and O–H groups in total. The fourth-order valence-electron chi connectivity index (χ4n) is 3.52. The first-order valence-corrected chi connectivity index (χ1v) is 10.8. The highest BCUT2D eigenvalue weighted by Gasteiger charge is 2.32. The summed E-state index contributed by atoms with van der Waals surface area (Å²) in [5.74, 6) is -1.03. The van der Waals surface area contributed by atoms with Gasteiger partial charge in [0.1, 0.15) is 5.82 Å². The summed E-state index contributed by atoms with van der Waals surface area (Å²) in [6, 6.07) is 9.65. The first-order valence-electron chi connectivity index (χ1n) is 9.03. The number of halogens is 2. The molecule has 5 nitrogen and oxygen atoms in total. The van der Waals surface area contributed by atoms with Crippen LogP contribution in [0.5, 0.6) is 0 Å². The lowest BCUT2D eigenvalue weighted by atomic mass is 9.94. The van der Waals surface area contributed by atoms with E-state index in [4.69, 9.17) is 11.6 Å². The Labute approximate surface area is 169 Å². The first-order chi connectivity index (χ1) is 13.2. The number of benzene rings is 2. The van der Waals surface area contributed by atoms with Gasteiger partial charge in [-0.1, -0.05) is 25.4 Å². The van der Waals surface area contributed by atoms with Gasteiger partial charge >= 0.3 is 0 Å². The van der Waals surface area contributed by atoms with Crippen molar-refractivity contribution in [1.82, 2.24) is 4.31 Å². The van der Waals surface area contributed by atoms with Crippen molar-refractivity contribution < 1.29 is 17.6 Å². The van der Waals surface area contributed by atoms with E-state index >= 15 is 0 Å². The summed E-state index contributed by atoms with van der Waals surface area (Å²) < 4.78 is 41.7. The van der Waals surface area contributed by atoms with Gasteiger partial charge in [0, 0.05) is 23.8 Å². The highest BCUT2D eigenvalue weighted by Crippen LogP contribution is 2.27. The molecule has 150 valence electrons. The molecule has 3 rings (SSSR count). The second-order valence-corrected chi connectivity index (χ2v) is 9.75. The number of nitrogens with zero attached hydrogens (tertiary/aromatic N) is 1. The normalized spacial score (nSPS) is 20.7. The SMILES string of the molecule is C[C@@H]1C[C@H](C)CN(S(=O)(=O)c2ccc(F)c(C(=O)Nc3ccc(Cl)cc3)c2)C1. The Morgan fingerprint density at radius 2 is 1.71 bits per heavy atom. The zero-order valence-electron chi connectivity index (χ0n) is 15.7. The molecule has 2 aromatic rings. The molecule has 1 amide bonds. The molecule has 2 atom stereocenters. The van der Waals surface area contributed by atoms with Crippen molar-refractivity contribution in [3.63, 3.8) is 0 Å². The van der Waals surface area contributed by atoms with Crippen molar-refractivity contribution in [2.45, 2.75) is 25.2 Å². The molecule has 0 aromatic heterocycles. The van der Waals surface area contributed by atoms with Crippen LogP contribution in [0, 0.1) is 17.7 Å². The van der Waals surface area contributed by atoms with Crippen molar-refractivity contribution in [2.24, 2.45) is 11.8 Å². The van der Waals surface area contributed by atoms with E-state index in [1.807, 2.05) is 13.8 Å². The maximum Gasteiger partial charge on any atom is 0.258 e. The Kier molecular flexibility index (Phi) is 6.07. The molecular formula is C20H22ClFN2O3S. The van der Waals surface area contributed by atoms with Crippen LogP contribution in [0.2, 0.25) is 5.02 Å². The van der Waals surface area contributed by atoms with E-state index in [-0.39, 0.29) is 22.3 Å². The summed E-state index contributed by atoms with van der Waals surface area (Å²) in [6.45, 7) is 4.84. The molecule has 0 spiro atoms. The van der Waals surface area contributed by atoms with Gasteiger partial charge < -0.3 is 5.32 Å². The number of carbonyl (C=O) groups excluding carboxylic acids is 1. The molecular weight excluding hydrogens is 403 g/mol. The second kappa shape index (κ2) is 8.19. The molecule has 0 aliphatic carbocycles. The lowest BCUT2D eigenvalue weighted by Gasteiger charge is -2.34.